The van der Waals surface area contributed by atoms with Gasteiger partial charge >= 0.3 is 0 Å². The normalized spacial score (nSPS) is 20.4. The summed E-state index contributed by atoms with van der Waals surface area (Å²) in [6, 6.07) is 7.00. The van der Waals surface area contributed by atoms with Gasteiger partial charge in [-0.15, -0.1) is 0 Å². The number of likely N-dealkylation sites (N-methyl/N-ethyl adjacent to an activating group) is 1. The maximum atomic E-state index is 13.4. The first-order valence-electron chi connectivity index (χ1n) is 6.34. The lowest BCUT2D eigenvalue weighted by atomic mass is 10.0. The van der Waals surface area contributed by atoms with E-state index in [9.17, 15) is 4.39 Å². The van der Waals surface area contributed by atoms with E-state index in [1.165, 1.54) is 31.4 Å². The fourth-order valence-electron chi connectivity index (χ4n) is 2.35. The molecule has 3 nitrogen and oxygen atoms in total. The lowest BCUT2D eigenvalue weighted by Crippen LogP contribution is -2.40. The minimum atomic E-state index is -0.459. The third-order valence-electron chi connectivity index (χ3n) is 3.55. The highest BCUT2D eigenvalue weighted by molar-refractivity contribution is 5.48. The molecule has 1 heterocycles. The highest BCUT2D eigenvalue weighted by Gasteiger charge is 2.18. The van der Waals surface area contributed by atoms with Gasteiger partial charge in [-0.3, -0.25) is 0 Å². The molecular weight excluding hydrogens is 229 g/mol. The van der Waals surface area contributed by atoms with Crippen molar-refractivity contribution in [3.63, 3.8) is 0 Å². The number of nitrogens with zero attached hydrogens (tertiary/aromatic N) is 2. The number of anilines is 1. The molecule has 1 unspecified atom stereocenters. The first kappa shape index (κ1) is 12.8. The molecule has 1 aromatic carbocycles. The van der Waals surface area contributed by atoms with E-state index in [-0.39, 0.29) is 5.56 Å². The molecule has 18 heavy (non-hydrogen) atoms. The quantitative estimate of drug-likeness (QED) is 0.892. The minimum absolute atomic E-state index is 0.0929. The maximum Gasteiger partial charge on any atom is 0.143 e. The third-order valence-corrected chi connectivity index (χ3v) is 3.55. The number of benzene rings is 1. The number of nitriles is 1. The molecule has 1 fully saturated rings. The van der Waals surface area contributed by atoms with E-state index < -0.39 is 5.82 Å². The molecule has 0 aromatic heterocycles. The summed E-state index contributed by atoms with van der Waals surface area (Å²) in [5.41, 5.74) is 0.834. The first-order valence-corrected chi connectivity index (χ1v) is 6.34. The first-order chi connectivity index (χ1) is 8.70. The Balaban J connectivity index is 1.94. The van der Waals surface area contributed by atoms with Crippen LogP contribution in [0.5, 0.6) is 0 Å². The molecule has 1 aromatic rings. The second kappa shape index (κ2) is 5.83. The molecule has 0 saturated carbocycles. The van der Waals surface area contributed by atoms with Gasteiger partial charge in [-0.05, 0) is 44.6 Å². The number of hydrogen-bond donors (Lipinski definition) is 1. The van der Waals surface area contributed by atoms with Crippen LogP contribution in [-0.4, -0.2) is 31.1 Å². The smallest absolute Gasteiger partial charge is 0.143 e. The number of nitrogens with one attached hydrogen (secondary N) is 1. The molecule has 0 spiro atoms. The van der Waals surface area contributed by atoms with Gasteiger partial charge in [0.15, 0.2) is 0 Å². The SMILES string of the molecule is CN1CCCCC1CNc1ccc(C#N)c(F)c1. The van der Waals surface area contributed by atoms with Gasteiger partial charge in [0.1, 0.15) is 11.9 Å². The molecule has 4 heteroatoms. The van der Waals surface area contributed by atoms with Crippen LogP contribution in [0.2, 0.25) is 0 Å². The van der Waals surface area contributed by atoms with Gasteiger partial charge in [0, 0.05) is 18.3 Å². The van der Waals surface area contributed by atoms with E-state index in [2.05, 4.69) is 17.3 Å². The second-order valence-corrected chi connectivity index (χ2v) is 4.82. The molecule has 0 bridgehead atoms. The van der Waals surface area contributed by atoms with Crippen molar-refractivity contribution in [1.29, 1.82) is 5.26 Å². The summed E-state index contributed by atoms with van der Waals surface area (Å²) < 4.78 is 13.4. The highest BCUT2D eigenvalue weighted by Crippen LogP contribution is 2.17. The van der Waals surface area contributed by atoms with Gasteiger partial charge in [-0.1, -0.05) is 6.42 Å². The van der Waals surface area contributed by atoms with Gasteiger partial charge < -0.3 is 10.2 Å². The van der Waals surface area contributed by atoms with Gasteiger partial charge in [0.25, 0.3) is 0 Å². The zero-order chi connectivity index (χ0) is 13.0. The molecule has 1 N–H and O–H groups in total. The lowest BCUT2D eigenvalue weighted by Gasteiger charge is -2.32. The summed E-state index contributed by atoms with van der Waals surface area (Å²) in [6.45, 7) is 1.95. The Morgan fingerprint density at radius 2 is 2.33 bits per heavy atom. The van der Waals surface area contributed by atoms with Crippen molar-refractivity contribution in [3.05, 3.63) is 29.6 Å². The summed E-state index contributed by atoms with van der Waals surface area (Å²) in [7, 11) is 2.13. The molecule has 2 rings (SSSR count). The van der Waals surface area contributed by atoms with Crippen molar-refractivity contribution in [2.24, 2.45) is 0 Å². The maximum absolute atomic E-state index is 13.4. The van der Waals surface area contributed by atoms with Crippen molar-refractivity contribution < 1.29 is 4.39 Å². The van der Waals surface area contributed by atoms with E-state index in [0.29, 0.717) is 6.04 Å². The van der Waals surface area contributed by atoms with Crippen molar-refractivity contribution >= 4 is 5.69 Å². The van der Waals surface area contributed by atoms with Crippen LogP contribution in [0, 0.1) is 17.1 Å². The van der Waals surface area contributed by atoms with Crippen LogP contribution in [0.4, 0.5) is 10.1 Å². The van der Waals surface area contributed by atoms with Crippen molar-refractivity contribution in [2.45, 2.75) is 25.3 Å². The predicted molar refractivity (Wildman–Crippen MR) is 69.9 cm³/mol. The Morgan fingerprint density at radius 1 is 1.50 bits per heavy atom. The Hall–Kier alpha value is -1.60. The number of piperidine rings is 1. The summed E-state index contributed by atoms with van der Waals surface area (Å²) in [6.07, 6.45) is 3.71. The van der Waals surface area contributed by atoms with Crippen LogP contribution in [0.15, 0.2) is 18.2 Å². The molecular formula is C14H18FN3. The third kappa shape index (κ3) is 2.99. The number of rotatable bonds is 3. The van der Waals surface area contributed by atoms with E-state index in [1.807, 2.05) is 6.07 Å². The van der Waals surface area contributed by atoms with E-state index in [4.69, 9.17) is 5.26 Å². The Labute approximate surface area is 107 Å². The molecule has 1 aliphatic rings. The average molecular weight is 247 g/mol. The van der Waals surface area contributed by atoms with Gasteiger partial charge in [-0.25, -0.2) is 4.39 Å². The topological polar surface area (TPSA) is 39.1 Å². The standard InChI is InChI=1S/C14H18FN3/c1-18-7-3-2-4-13(18)10-17-12-6-5-11(9-16)14(15)8-12/h5-6,8,13,17H,2-4,7,10H2,1H3. The van der Waals surface area contributed by atoms with Crippen LogP contribution < -0.4 is 5.32 Å². The summed E-state index contributed by atoms with van der Waals surface area (Å²) in [4.78, 5) is 2.34. The largest absolute Gasteiger partial charge is 0.383 e. The Morgan fingerprint density at radius 3 is 3.00 bits per heavy atom. The van der Waals surface area contributed by atoms with Gasteiger partial charge in [0.05, 0.1) is 5.56 Å². The molecule has 1 atom stereocenters. The zero-order valence-corrected chi connectivity index (χ0v) is 10.6. The van der Waals surface area contributed by atoms with E-state index >= 15 is 0 Å². The fraction of sp³-hybridized carbons (Fsp3) is 0.500. The molecule has 0 aliphatic carbocycles. The predicted octanol–water partition coefficient (Wildman–Crippen LogP) is 2.59. The fourth-order valence-corrected chi connectivity index (χ4v) is 2.35. The monoisotopic (exact) mass is 247 g/mol. The van der Waals surface area contributed by atoms with Crippen molar-refractivity contribution in [1.82, 2.24) is 4.90 Å². The van der Waals surface area contributed by atoms with E-state index in [1.54, 1.807) is 6.07 Å². The van der Waals surface area contributed by atoms with Crippen molar-refractivity contribution in [2.75, 3.05) is 25.5 Å². The van der Waals surface area contributed by atoms with Crippen LogP contribution in [-0.2, 0) is 0 Å². The number of halogens is 1. The van der Waals surface area contributed by atoms with Gasteiger partial charge in [0.2, 0.25) is 0 Å². The second-order valence-electron chi connectivity index (χ2n) is 4.82. The molecule has 96 valence electrons. The number of hydrogen-bond acceptors (Lipinski definition) is 3. The Kier molecular flexibility index (Phi) is 4.16. The molecule has 1 aliphatic heterocycles. The van der Waals surface area contributed by atoms with Crippen LogP contribution in [0.3, 0.4) is 0 Å². The Bertz CT molecular complexity index is 453. The van der Waals surface area contributed by atoms with Gasteiger partial charge in [-0.2, -0.15) is 5.26 Å². The zero-order valence-electron chi connectivity index (χ0n) is 10.6. The van der Waals surface area contributed by atoms with Crippen LogP contribution in [0.1, 0.15) is 24.8 Å². The van der Waals surface area contributed by atoms with Crippen molar-refractivity contribution in [3.8, 4) is 6.07 Å². The number of likely N-dealkylation sites (tertiary alicyclic amines) is 1. The summed E-state index contributed by atoms with van der Waals surface area (Å²) in [5.74, 6) is -0.459. The van der Waals surface area contributed by atoms with Crippen LogP contribution in [0.25, 0.3) is 0 Å². The average Bonchev–Trinajstić information content (AvgIpc) is 2.38. The molecule has 0 radical (unpaired) electrons. The minimum Gasteiger partial charge on any atom is -0.383 e. The summed E-state index contributed by atoms with van der Waals surface area (Å²) in [5, 5.41) is 11.9. The molecule has 0 amide bonds. The van der Waals surface area contributed by atoms with E-state index in [0.717, 1.165) is 18.8 Å². The highest BCUT2D eigenvalue weighted by atomic mass is 19.1. The lowest BCUT2D eigenvalue weighted by molar-refractivity contribution is 0.194. The van der Waals surface area contributed by atoms with Crippen LogP contribution >= 0.6 is 0 Å². The summed E-state index contributed by atoms with van der Waals surface area (Å²) >= 11 is 0. The molecule has 1 saturated heterocycles.